The molecule has 0 bridgehead atoms. The predicted molar refractivity (Wildman–Crippen MR) is 171 cm³/mol. The smallest absolute Gasteiger partial charge is 0.307 e. The minimum Gasteiger partial charge on any atom is -0.496 e. The first-order valence-corrected chi connectivity index (χ1v) is 14.9. The van der Waals surface area contributed by atoms with Gasteiger partial charge in [-0.2, -0.15) is 0 Å². The van der Waals surface area contributed by atoms with E-state index in [1.807, 2.05) is 33.8 Å². The van der Waals surface area contributed by atoms with Gasteiger partial charge in [0.15, 0.2) is 11.6 Å². The van der Waals surface area contributed by atoms with Crippen molar-refractivity contribution < 1.29 is 33.7 Å². The van der Waals surface area contributed by atoms with Gasteiger partial charge in [-0.25, -0.2) is 4.39 Å². The van der Waals surface area contributed by atoms with Crippen molar-refractivity contribution in [2.24, 2.45) is 0 Å². The number of nitrogens with zero attached hydrogens (tertiary/aromatic N) is 1. The van der Waals surface area contributed by atoms with Crippen molar-refractivity contribution in [3.05, 3.63) is 80.2 Å². The lowest BCUT2D eigenvalue weighted by Gasteiger charge is -2.25. The number of aliphatic hydroxyl groups is 1. The molecule has 5 rings (SSSR count). The van der Waals surface area contributed by atoms with Crippen LogP contribution in [0.25, 0.3) is 11.1 Å². The highest BCUT2D eigenvalue weighted by Gasteiger charge is 2.30. The SMILES string of the molecule is CC(C)(C)O.COc1cc(C)ccc1C.Cc1c(-c2c(C)c3c(c(C)c2CC(=O)O)CN(C=O)C3)cc(F)c2c1CCCO2. The lowest BCUT2D eigenvalue weighted by Crippen LogP contribution is -2.14. The van der Waals surface area contributed by atoms with Gasteiger partial charge in [0.25, 0.3) is 0 Å². The van der Waals surface area contributed by atoms with Gasteiger partial charge >= 0.3 is 5.97 Å². The Kier molecular flexibility index (Phi) is 11.2. The summed E-state index contributed by atoms with van der Waals surface area (Å²) in [4.78, 5) is 24.7. The predicted octanol–water partition coefficient (Wildman–Crippen LogP) is 6.93. The van der Waals surface area contributed by atoms with E-state index in [2.05, 4.69) is 19.1 Å². The number of fused-ring (bicyclic) bond motifs is 2. The first-order valence-electron chi connectivity index (χ1n) is 14.9. The Morgan fingerprint density at radius 2 is 1.64 bits per heavy atom. The van der Waals surface area contributed by atoms with Crippen LogP contribution in [0.15, 0.2) is 24.3 Å². The Labute approximate surface area is 260 Å². The molecule has 0 fully saturated rings. The number of carboxylic acid groups (broad SMARTS) is 1. The van der Waals surface area contributed by atoms with E-state index in [1.54, 1.807) is 32.8 Å². The van der Waals surface area contributed by atoms with Gasteiger partial charge in [-0.05, 0) is 136 Å². The maximum absolute atomic E-state index is 14.9. The Balaban J connectivity index is 0.000000291. The zero-order chi connectivity index (χ0) is 32.9. The van der Waals surface area contributed by atoms with E-state index in [0.717, 1.165) is 69.5 Å². The number of amides is 1. The Hall–Kier alpha value is -3.91. The standard InChI is InChI=1S/C23H24FNO4.C9H12O.C4H10O/c1-12-15-5-4-6-29-23(15)20(24)7-16(12)22-14(3)19-10-25(11-26)9-18(19)13(2)17(22)8-21(27)28;1-7-4-5-8(2)9(6-7)10-3;1-4(2,3)5/h7,11H,4-6,8-10H2,1-3H3,(H,27,28);4-6H,1-3H3;5H,1-3H3. The summed E-state index contributed by atoms with van der Waals surface area (Å²) in [6.45, 7) is 16.6. The number of rotatable bonds is 5. The van der Waals surface area contributed by atoms with E-state index in [4.69, 9.17) is 14.6 Å². The lowest BCUT2D eigenvalue weighted by molar-refractivity contribution is -0.136. The molecule has 3 aromatic carbocycles. The summed E-state index contributed by atoms with van der Waals surface area (Å²) in [5, 5.41) is 18.1. The van der Waals surface area contributed by atoms with Crippen molar-refractivity contribution in [2.75, 3.05) is 13.7 Å². The summed E-state index contributed by atoms with van der Waals surface area (Å²) in [6.07, 6.45) is 2.24. The fourth-order valence-electron chi connectivity index (χ4n) is 5.75. The van der Waals surface area contributed by atoms with Crippen molar-refractivity contribution in [3.63, 3.8) is 0 Å². The highest BCUT2D eigenvalue weighted by atomic mass is 19.1. The second-order valence-corrected chi connectivity index (χ2v) is 12.6. The summed E-state index contributed by atoms with van der Waals surface area (Å²) in [5.74, 6) is -0.0491. The third kappa shape index (κ3) is 8.17. The Morgan fingerprint density at radius 3 is 2.18 bits per heavy atom. The Bertz CT molecular complexity index is 1530. The van der Waals surface area contributed by atoms with Gasteiger partial charge in [-0.15, -0.1) is 0 Å². The van der Waals surface area contributed by atoms with E-state index < -0.39 is 17.4 Å². The topological polar surface area (TPSA) is 96.3 Å². The number of hydrogen-bond donors (Lipinski definition) is 2. The Morgan fingerprint density at radius 1 is 1.02 bits per heavy atom. The number of carboxylic acids is 1. The summed E-state index contributed by atoms with van der Waals surface area (Å²) in [5.41, 5.74) is 9.75. The molecule has 0 spiro atoms. The van der Waals surface area contributed by atoms with Crippen LogP contribution in [0.4, 0.5) is 4.39 Å². The molecule has 1 amide bonds. The molecule has 238 valence electrons. The zero-order valence-electron chi connectivity index (χ0n) is 27.5. The van der Waals surface area contributed by atoms with Crippen LogP contribution in [0.1, 0.15) is 77.3 Å². The van der Waals surface area contributed by atoms with Crippen molar-refractivity contribution in [3.8, 4) is 22.6 Å². The molecule has 2 N–H and O–H groups in total. The van der Waals surface area contributed by atoms with Gasteiger partial charge < -0.3 is 24.6 Å². The first-order chi connectivity index (χ1) is 20.6. The molecule has 0 aliphatic carbocycles. The van der Waals surface area contributed by atoms with E-state index in [1.165, 1.54) is 17.2 Å². The highest BCUT2D eigenvalue weighted by Crippen LogP contribution is 2.43. The summed E-state index contributed by atoms with van der Waals surface area (Å²) >= 11 is 0. The van der Waals surface area contributed by atoms with Gasteiger partial charge in [0.1, 0.15) is 5.75 Å². The molecule has 0 atom stereocenters. The molecular formula is C36H46FNO6. The summed E-state index contributed by atoms with van der Waals surface area (Å²) in [7, 11) is 1.70. The molecular weight excluding hydrogens is 561 g/mol. The van der Waals surface area contributed by atoms with Crippen LogP contribution in [-0.4, -0.2) is 46.8 Å². The average molecular weight is 608 g/mol. The number of methoxy groups -OCH3 is 1. The molecule has 8 heteroatoms. The zero-order valence-corrected chi connectivity index (χ0v) is 27.5. The van der Waals surface area contributed by atoms with Crippen molar-refractivity contribution >= 4 is 12.4 Å². The number of ether oxygens (including phenoxy) is 2. The van der Waals surface area contributed by atoms with Gasteiger partial charge in [-0.1, -0.05) is 12.1 Å². The van der Waals surface area contributed by atoms with Gasteiger partial charge in [0.2, 0.25) is 6.41 Å². The molecule has 2 aliphatic heterocycles. The van der Waals surface area contributed by atoms with Gasteiger partial charge in [-0.3, -0.25) is 9.59 Å². The maximum atomic E-state index is 14.9. The van der Waals surface area contributed by atoms with Gasteiger partial charge in [0, 0.05) is 18.7 Å². The third-order valence-corrected chi connectivity index (χ3v) is 7.87. The molecule has 44 heavy (non-hydrogen) atoms. The molecule has 0 unspecified atom stereocenters. The van der Waals surface area contributed by atoms with E-state index >= 15 is 0 Å². The van der Waals surface area contributed by atoms with Crippen molar-refractivity contribution in [1.82, 2.24) is 4.90 Å². The van der Waals surface area contributed by atoms with Crippen molar-refractivity contribution in [1.29, 1.82) is 0 Å². The fraction of sp³-hybridized carbons (Fsp3) is 0.444. The second kappa shape index (κ2) is 14.2. The minimum absolute atomic E-state index is 0.148. The van der Waals surface area contributed by atoms with Crippen LogP contribution in [-0.2, 0) is 35.5 Å². The lowest BCUT2D eigenvalue weighted by atomic mass is 9.81. The molecule has 3 aromatic rings. The number of benzene rings is 3. The molecule has 0 saturated heterocycles. The van der Waals surface area contributed by atoms with Crippen LogP contribution < -0.4 is 9.47 Å². The number of aryl methyl sites for hydroxylation is 2. The number of halogens is 1. The summed E-state index contributed by atoms with van der Waals surface area (Å²) < 4.78 is 25.6. The van der Waals surface area contributed by atoms with Crippen molar-refractivity contribution in [2.45, 2.75) is 93.3 Å². The molecule has 0 aromatic heterocycles. The minimum atomic E-state index is -0.932. The number of aliphatic carboxylic acids is 1. The molecule has 0 saturated carbocycles. The normalized spacial score (nSPS) is 13.4. The average Bonchev–Trinajstić information content (AvgIpc) is 3.40. The first kappa shape index (κ1) is 34.6. The number of carbonyl (C=O) groups excluding carboxylic acids is 1. The van der Waals surface area contributed by atoms with E-state index in [0.29, 0.717) is 31.0 Å². The van der Waals surface area contributed by atoms with E-state index in [-0.39, 0.29) is 6.42 Å². The third-order valence-electron chi connectivity index (χ3n) is 7.87. The van der Waals surface area contributed by atoms with Crippen LogP contribution >= 0.6 is 0 Å². The van der Waals surface area contributed by atoms with Gasteiger partial charge in [0.05, 0.1) is 25.7 Å². The maximum Gasteiger partial charge on any atom is 0.307 e. The molecule has 0 radical (unpaired) electrons. The van der Waals surface area contributed by atoms with Crippen LogP contribution in [0, 0.1) is 40.4 Å². The van der Waals surface area contributed by atoms with Crippen LogP contribution in [0.3, 0.4) is 0 Å². The summed E-state index contributed by atoms with van der Waals surface area (Å²) in [6, 6.07) is 7.66. The van der Waals surface area contributed by atoms with E-state index in [9.17, 15) is 19.1 Å². The number of hydrogen-bond acceptors (Lipinski definition) is 5. The molecule has 2 aliphatic rings. The fourth-order valence-corrected chi connectivity index (χ4v) is 5.75. The van der Waals surface area contributed by atoms with Crippen LogP contribution in [0.5, 0.6) is 11.5 Å². The van der Waals surface area contributed by atoms with Crippen LogP contribution in [0.2, 0.25) is 0 Å². The monoisotopic (exact) mass is 607 g/mol. The number of carbonyl (C=O) groups is 2. The molecule has 7 nitrogen and oxygen atoms in total. The molecule has 2 heterocycles. The largest absolute Gasteiger partial charge is 0.496 e. The highest BCUT2D eigenvalue weighted by molar-refractivity contribution is 5.84. The second-order valence-electron chi connectivity index (χ2n) is 12.6. The quantitative estimate of drug-likeness (QED) is 0.306.